The zero-order valence-corrected chi connectivity index (χ0v) is 16.5. The second-order valence-corrected chi connectivity index (χ2v) is 8.26. The number of nitrogens with zero attached hydrogens (tertiary/aromatic N) is 3. The highest BCUT2D eigenvalue weighted by Crippen LogP contribution is 2.25. The van der Waals surface area contributed by atoms with Gasteiger partial charge in [0.2, 0.25) is 5.91 Å². The molecular weight excluding hydrogens is 388 g/mol. The molecule has 1 atom stereocenters. The molecule has 1 saturated heterocycles. The predicted molar refractivity (Wildman–Crippen MR) is 107 cm³/mol. The molecule has 1 aliphatic heterocycles. The zero-order valence-electron chi connectivity index (χ0n) is 14.9. The molecule has 1 aromatic heterocycles. The van der Waals surface area contributed by atoms with E-state index in [4.69, 9.17) is 11.6 Å². The van der Waals surface area contributed by atoms with Crippen LogP contribution in [0, 0.1) is 10.1 Å². The fourth-order valence-electron chi connectivity index (χ4n) is 3.11. The lowest BCUT2D eigenvalue weighted by Gasteiger charge is -2.37. The van der Waals surface area contributed by atoms with Crippen molar-refractivity contribution in [2.75, 3.05) is 31.5 Å². The van der Waals surface area contributed by atoms with Crippen molar-refractivity contribution >= 4 is 40.2 Å². The molecule has 0 spiro atoms. The quantitative estimate of drug-likeness (QED) is 0.585. The summed E-state index contributed by atoms with van der Waals surface area (Å²) in [6, 6.07) is 9.78. The van der Waals surface area contributed by atoms with E-state index in [1.54, 1.807) is 29.5 Å². The summed E-state index contributed by atoms with van der Waals surface area (Å²) in [6.07, 6.45) is 0. The van der Waals surface area contributed by atoms with E-state index in [0.29, 0.717) is 0 Å². The molecule has 144 valence electrons. The van der Waals surface area contributed by atoms with E-state index < -0.39 is 4.92 Å². The monoisotopic (exact) mass is 408 g/mol. The van der Waals surface area contributed by atoms with Crippen molar-refractivity contribution in [3.8, 4) is 0 Å². The van der Waals surface area contributed by atoms with Crippen LogP contribution in [0.2, 0.25) is 4.34 Å². The number of nitrogens with one attached hydrogen (secondary N) is 1. The molecule has 27 heavy (non-hydrogen) atoms. The second-order valence-electron chi connectivity index (χ2n) is 6.46. The van der Waals surface area contributed by atoms with E-state index in [9.17, 15) is 14.9 Å². The number of halogens is 1. The highest BCUT2D eigenvalue weighted by Gasteiger charge is 2.27. The van der Waals surface area contributed by atoms with Gasteiger partial charge < -0.3 is 5.32 Å². The minimum atomic E-state index is -0.490. The molecule has 1 aromatic carbocycles. The third-order valence-corrected chi connectivity index (χ3v) is 5.92. The van der Waals surface area contributed by atoms with Gasteiger partial charge in [0.25, 0.3) is 5.69 Å². The van der Waals surface area contributed by atoms with Crippen LogP contribution in [0.3, 0.4) is 0 Å². The molecule has 0 bridgehead atoms. The molecule has 2 aromatic rings. The van der Waals surface area contributed by atoms with E-state index in [0.717, 1.165) is 37.1 Å². The Morgan fingerprint density at radius 1 is 1.26 bits per heavy atom. The highest BCUT2D eigenvalue weighted by atomic mass is 35.5. The van der Waals surface area contributed by atoms with E-state index in [2.05, 4.69) is 15.1 Å². The van der Waals surface area contributed by atoms with Crippen LogP contribution >= 0.6 is 22.9 Å². The Bertz CT molecular complexity index is 820. The number of para-hydroxylation sites is 2. The number of thiophene rings is 1. The van der Waals surface area contributed by atoms with Crippen LogP contribution in [0.1, 0.15) is 11.8 Å². The summed E-state index contributed by atoms with van der Waals surface area (Å²) in [5.74, 6) is -0.234. The molecule has 7 nitrogen and oxygen atoms in total. The SMILES string of the molecule is C[C@@H](C(=O)Nc1ccccc1[N+](=O)[O-])N1CCN(Cc2ccc(Cl)s2)CC1. The molecule has 1 aliphatic rings. The van der Waals surface area contributed by atoms with Crippen molar-refractivity contribution in [2.24, 2.45) is 0 Å². The Labute approximate surface area is 166 Å². The number of benzene rings is 1. The van der Waals surface area contributed by atoms with Gasteiger partial charge in [-0.2, -0.15) is 0 Å². The van der Waals surface area contributed by atoms with Gasteiger partial charge in [-0.1, -0.05) is 23.7 Å². The third kappa shape index (κ3) is 5.04. The number of nitro groups is 1. The molecule has 0 saturated carbocycles. The first-order chi connectivity index (χ1) is 12.9. The number of carbonyl (C=O) groups excluding carboxylic acids is 1. The highest BCUT2D eigenvalue weighted by molar-refractivity contribution is 7.16. The normalized spacial score (nSPS) is 16.8. The lowest BCUT2D eigenvalue weighted by Crippen LogP contribution is -2.52. The van der Waals surface area contributed by atoms with Crippen molar-refractivity contribution in [1.29, 1.82) is 0 Å². The van der Waals surface area contributed by atoms with Gasteiger partial charge in [0, 0.05) is 43.7 Å². The summed E-state index contributed by atoms with van der Waals surface area (Å²) < 4.78 is 0.795. The molecule has 2 heterocycles. The average Bonchev–Trinajstić information content (AvgIpc) is 3.06. The van der Waals surface area contributed by atoms with Crippen LogP contribution in [-0.2, 0) is 11.3 Å². The molecule has 0 unspecified atom stereocenters. The van der Waals surface area contributed by atoms with Gasteiger partial charge in [-0.15, -0.1) is 11.3 Å². The topological polar surface area (TPSA) is 78.7 Å². The fraction of sp³-hybridized carbons (Fsp3) is 0.389. The van der Waals surface area contributed by atoms with Gasteiger partial charge in [0.15, 0.2) is 0 Å². The summed E-state index contributed by atoms with van der Waals surface area (Å²) in [4.78, 5) is 28.8. The van der Waals surface area contributed by atoms with Crippen molar-refractivity contribution < 1.29 is 9.72 Å². The first kappa shape index (κ1) is 19.8. The number of hydrogen-bond acceptors (Lipinski definition) is 6. The molecule has 1 N–H and O–H groups in total. The number of rotatable bonds is 6. The van der Waals surface area contributed by atoms with Crippen LogP contribution in [0.15, 0.2) is 36.4 Å². The van der Waals surface area contributed by atoms with Crippen molar-refractivity contribution in [2.45, 2.75) is 19.5 Å². The number of hydrogen-bond donors (Lipinski definition) is 1. The Morgan fingerprint density at radius 3 is 2.59 bits per heavy atom. The third-order valence-electron chi connectivity index (χ3n) is 4.70. The summed E-state index contributed by atoms with van der Waals surface area (Å²) >= 11 is 7.57. The molecule has 3 rings (SSSR count). The van der Waals surface area contributed by atoms with Crippen LogP contribution in [0.5, 0.6) is 0 Å². The standard InChI is InChI=1S/C18H21ClN4O3S/c1-13(18(24)20-15-4-2-3-5-16(15)23(25)26)22-10-8-21(9-11-22)12-14-6-7-17(19)27-14/h2-7,13H,8-12H2,1H3,(H,20,24)/t13-/m0/s1. The lowest BCUT2D eigenvalue weighted by molar-refractivity contribution is -0.383. The van der Waals surface area contributed by atoms with Gasteiger partial charge >= 0.3 is 0 Å². The fourth-order valence-corrected chi connectivity index (χ4v) is 4.24. The van der Waals surface area contributed by atoms with Crippen molar-refractivity contribution in [1.82, 2.24) is 9.80 Å². The Morgan fingerprint density at radius 2 is 1.96 bits per heavy atom. The number of nitro benzene ring substituents is 1. The Balaban J connectivity index is 1.53. The summed E-state index contributed by atoms with van der Waals surface area (Å²) in [6.45, 7) is 5.95. The Kier molecular flexibility index (Phi) is 6.43. The lowest BCUT2D eigenvalue weighted by atomic mass is 10.2. The maximum absolute atomic E-state index is 12.6. The van der Waals surface area contributed by atoms with E-state index in [1.807, 2.05) is 19.1 Å². The summed E-state index contributed by atoms with van der Waals surface area (Å²) in [5, 5.41) is 13.8. The molecule has 9 heteroatoms. The van der Waals surface area contributed by atoms with E-state index in [1.165, 1.54) is 10.9 Å². The van der Waals surface area contributed by atoms with Crippen LogP contribution in [0.25, 0.3) is 0 Å². The number of amides is 1. The van der Waals surface area contributed by atoms with Crippen LogP contribution < -0.4 is 5.32 Å². The van der Waals surface area contributed by atoms with Crippen molar-refractivity contribution in [3.63, 3.8) is 0 Å². The molecule has 0 aliphatic carbocycles. The smallest absolute Gasteiger partial charge is 0.292 e. The molecule has 0 radical (unpaired) electrons. The van der Waals surface area contributed by atoms with Crippen LogP contribution in [0.4, 0.5) is 11.4 Å². The van der Waals surface area contributed by atoms with Gasteiger partial charge in [-0.3, -0.25) is 24.7 Å². The van der Waals surface area contributed by atoms with Gasteiger partial charge in [-0.05, 0) is 25.1 Å². The molecular formula is C18H21ClN4O3S. The predicted octanol–water partition coefficient (Wildman–Crippen LogP) is 3.45. The molecule has 1 fully saturated rings. The van der Waals surface area contributed by atoms with E-state index in [-0.39, 0.29) is 23.3 Å². The minimum Gasteiger partial charge on any atom is -0.319 e. The minimum absolute atomic E-state index is 0.0996. The molecule has 1 amide bonds. The van der Waals surface area contributed by atoms with Gasteiger partial charge in [0.1, 0.15) is 5.69 Å². The summed E-state index contributed by atoms with van der Waals surface area (Å²) in [7, 11) is 0. The average molecular weight is 409 g/mol. The second kappa shape index (κ2) is 8.79. The van der Waals surface area contributed by atoms with Gasteiger partial charge in [0.05, 0.1) is 15.3 Å². The summed E-state index contributed by atoms with van der Waals surface area (Å²) in [5.41, 5.74) is 0.130. The maximum atomic E-state index is 12.6. The first-order valence-corrected chi connectivity index (χ1v) is 9.88. The number of carbonyl (C=O) groups is 1. The van der Waals surface area contributed by atoms with Gasteiger partial charge in [-0.25, -0.2) is 0 Å². The van der Waals surface area contributed by atoms with E-state index >= 15 is 0 Å². The van der Waals surface area contributed by atoms with Crippen molar-refractivity contribution in [3.05, 3.63) is 55.7 Å². The first-order valence-electron chi connectivity index (χ1n) is 8.69. The maximum Gasteiger partial charge on any atom is 0.292 e. The number of anilines is 1. The zero-order chi connectivity index (χ0) is 19.4. The number of piperazine rings is 1. The van der Waals surface area contributed by atoms with Crippen LogP contribution in [-0.4, -0.2) is 52.9 Å². The largest absolute Gasteiger partial charge is 0.319 e. The Hall–Kier alpha value is -2.00.